The van der Waals surface area contributed by atoms with Crippen molar-refractivity contribution in [2.75, 3.05) is 26.2 Å². The fourth-order valence-electron chi connectivity index (χ4n) is 1.93. The molecule has 1 heterocycles. The zero-order valence-corrected chi connectivity index (χ0v) is 10.3. The number of aryl methyl sites for hydroxylation is 1. The molecule has 1 saturated heterocycles. The molecule has 0 amide bonds. The van der Waals surface area contributed by atoms with Crippen molar-refractivity contribution in [1.82, 2.24) is 10.2 Å². The summed E-state index contributed by atoms with van der Waals surface area (Å²) in [7, 11) is 0. The van der Waals surface area contributed by atoms with Gasteiger partial charge in [0.05, 0.1) is 0 Å². The summed E-state index contributed by atoms with van der Waals surface area (Å²) in [4.78, 5) is 2.29. The third-order valence-electron chi connectivity index (χ3n) is 2.80. The van der Waals surface area contributed by atoms with Crippen molar-refractivity contribution >= 4 is 12.4 Å². The number of benzene rings is 1. The number of hydrogen-bond donors (Lipinski definition) is 1. The number of rotatable bonds is 2. The molecule has 0 atom stereocenters. The molecule has 1 N–H and O–H groups in total. The molecular formula is C12H18ClFN2. The van der Waals surface area contributed by atoms with Crippen molar-refractivity contribution < 1.29 is 4.39 Å². The maximum Gasteiger partial charge on any atom is 0.127 e. The Kier molecular flexibility index (Phi) is 5.19. The van der Waals surface area contributed by atoms with Crippen LogP contribution in [0.2, 0.25) is 0 Å². The van der Waals surface area contributed by atoms with Crippen molar-refractivity contribution in [3.63, 3.8) is 0 Å². The summed E-state index contributed by atoms with van der Waals surface area (Å²) in [5.74, 6) is -0.0841. The van der Waals surface area contributed by atoms with Crippen LogP contribution in [0.15, 0.2) is 18.2 Å². The van der Waals surface area contributed by atoms with Gasteiger partial charge in [-0.3, -0.25) is 4.90 Å². The summed E-state index contributed by atoms with van der Waals surface area (Å²) >= 11 is 0. The second kappa shape index (κ2) is 6.18. The average Bonchev–Trinajstić information content (AvgIpc) is 2.25. The second-order valence-corrected chi connectivity index (χ2v) is 4.12. The Morgan fingerprint density at radius 3 is 2.69 bits per heavy atom. The number of halogens is 2. The van der Waals surface area contributed by atoms with Gasteiger partial charge >= 0.3 is 0 Å². The SMILES string of the molecule is Cc1ccc(F)c(CN2CCNCC2)c1.Cl. The quantitative estimate of drug-likeness (QED) is 0.856. The molecule has 2 nitrogen and oxygen atoms in total. The number of piperazine rings is 1. The van der Waals surface area contributed by atoms with Gasteiger partial charge in [-0.2, -0.15) is 0 Å². The summed E-state index contributed by atoms with van der Waals surface area (Å²) in [6.07, 6.45) is 0. The summed E-state index contributed by atoms with van der Waals surface area (Å²) in [5.41, 5.74) is 1.94. The predicted octanol–water partition coefficient (Wildman–Crippen LogP) is 1.96. The molecule has 1 fully saturated rings. The van der Waals surface area contributed by atoms with Crippen LogP contribution in [0.1, 0.15) is 11.1 Å². The Labute approximate surface area is 102 Å². The highest BCUT2D eigenvalue weighted by molar-refractivity contribution is 5.85. The molecule has 1 aliphatic rings. The Morgan fingerprint density at radius 1 is 1.31 bits per heavy atom. The molecule has 16 heavy (non-hydrogen) atoms. The van der Waals surface area contributed by atoms with Crippen molar-refractivity contribution in [2.45, 2.75) is 13.5 Å². The molecule has 90 valence electrons. The van der Waals surface area contributed by atoms with Crippen LogP contribution in [-0.4, -0.2) is 31.1 Å². The molecule has 1 aliphatic heterocycles. The van der Waals surface area contributed by atoms with Crippen molar-refractivity contribution in [3.05, 3.63) is 35.1 Å². The molecule has 4 heteroatoms. The minimum atomic E-state index is -0.0841. The minimum absolute atomic E-state index is 0. The fraction of sp³-hybridized carbons (Fsp3) is 0.500. The summed E-state index contributed by atoms with van der Waals surface area (Å²) in [5, 5.41) is 3.29. The molecule has 0 radical (unpaired) electrons. The zero-order valence-electron chi connectivity index (χ0n) is 9.50. The average molecular weight is 245 g/mol. The van der Waals surface area contributed by atoms with Crippen molar-refractivity contribution in [2.24, 2.45) is 0 Å². The Hall–Kier alpha value is -0.640. The maximum absolute atomic E-state index is 13.5. The third kappa shape index (κ3) is 3.44. The standard InChI is InChI=1S/C12H17FN2.ClH/c1-10-2-3-12(13)11(8-10)9-15-6-4-14-5-7-15;/h2-3,8,14H,4-7,9H2,1H3;1H. The molecular weight excluding hydrogens is 227 g/mol. The van der Waals surface area contributed by atoms with Crippen LogP contribution in [0.4, 0.5) is 4.39 Å². The van der Waals surface area contributed by atoms with Crippen LogP contribution in [0, 0.1) is 12.7 Å². The highest BCUT2D eigenvalue weighted by Crippen LogP contribution is 2.12. The summed E-state index contributed by atoms with van der Waals surface area (Å²) < 4.78 is 13.5. The van der Waals surface area contributed by atoms with Crippen LogP contribution < -0.4 is 5.32 Å². The molecule has 0 bridgehead atoms. The van der Waals surface area contributed by atoms with Gasteiger partial charge in [0.25, 0.3) is 0 Å². The van der Waals surface area contributed by atoms with E-state index in [1.807, 2.05) is 19.1 Å². The van der Waals surface area contributed by atoms with E-state index in [0.29, 0.717) is 0 Å². The maximum atomic E-state index is 13.5. The van der Waals surface area contributed by atoms with E-state index < -0.39 is 0 Å². The zero-order chi connectivity index (χ0) is 10.7. The van der Waals surface area contributed by atoms with Crippen LogP contribution >= 0.6 is 12.4 Å². The van der Waals surface area contributed by atoms with E-state index in [-0.39, 0.29) is 18.2 Å². The van der Waals surface area contributed by atoms with Crippen LogP contribution in [0.3, 0.4) is 0 Å². The normalized spacial score (nSPS) is 16.9. The van der Waals surface area contributed by atoms with E-state index in [4.69, 9.17) is 0 Å². The Balaban J connectivity index is 0.00000128. The van der Waals surface area contributed by atoms with Gasteiger partial charge in [-0.25, -0.2) is 4.39 Å². The fourth-order valence-corrected chi connectivity index (χ4v) is 1.93. The van der Waals surface area contributed by atoms with Crippen molar-refractivity contribution in [1.29, 1.82) is 0 Å². The van der Waals surface area contributed by atoms with Crippen molar-refractivity contribution in [3.8, 4) is 0 Å². The molecule has 0 unspecified atom stereocenters. The lowest BCUT2D eigenvalue weighted by molar-refractivity contribution is 0.230. The summed E-state index contributed by atoms with van der Waals surface area (Å²) in [6, 6.07) is 5.32. The van der Waals surface area contributed by atoms with Gasteiger partial charge in [0.2, 0.25) is 0 Å². The van der Waals surface area contributed by atoms with E-state index in [0.717, 1.165) is 43.9 Å². The van der Waals surface area contributed by atoms with E-state index in [1.165, 1.54) is 0 Å². The van der Waals surface area contributed by atoms with Crippen LogP contribution in [0.25, 0.3) is 0 Å². The van der Waals surface area contributed by atoms with E-state index in [2.05, 4.69) is 10.2 Å². The van der Waals surface area contributed by atoms with Gasteiger partial charge in [-0.1, -0.05) is 17.7 Å². The minimum Gasteiger partial charge on any atom is -0.314 e. The third-order valence-corrected chi connectivity index (χ3v) is 2.80. The highest BCUT2D eigenvalue weighted by atomic mass is 35.5. The lowest BCUT2D eigenvalue weighted by atomic mass is 10.1. The van der Waals surface area contributed by atoms with Gasteiger partial charge in [-0.05, 0) is 13.0 Å². The van der Waals surface area contributed by atoms with E-state index >= 15 is 0 Å². The van der Waals surface area contributed by atoms with Crippen LogP contribution in [-0.2, 0) is 6.54 Å². The lowest BCUT2D eigenvalue weighted by Crippen LogP contribution is -2.43. The largest absolute Gasteiger partial charge is 0.314 e. The molecule has 1 aromatic rings. The van der Waals surface area contributed by atoms with E-state index in [9.17, 15) is 4.39 Å². The molecule has 0 spiro atoms. The first-order chi connectivity index (χ1) is 7.25. The first-order valence-electron chi connectivity index (χ1n) is 5.44. The van der Waals surface area contributed by atoms with Gasteiger partial charge in [0.15, 0.2) is 0 Å². The monoisotopic (exact) mass is 244 g/mol. The second-order valence-electron chi connectivity index (χ2n) is 4.12. The molecule has 0 aromatic heterocycles. The number of hydrogen-bond acceptors (Lipinski definition) is 2. The molecule has 1 aromatic carbocycles. The first-order valence-corrected chi connectivity index (χ1v) is 5.44. The van der Waals surface area contributed by atoms with E-state index in [1.54, 1.807) is 6.07 Å². The summed E-state index contributed by atoms with van der Waals surface area (Å²) in [6.45, 7) is 6.76. The lowest BCUT2D eigenvalue weighted by Gasteiger charge is -2.27. The Bertz CT molecular complexity index is 338. The highest BCUT2D eigenvalue weighted by Gasteiger charge is 2.12. The van der Waals surface area contributed by atoms with Gasteiger partial charge in [0.1, 0.15) is 5.82 Å². The van der Waals surface area contributed by atoms with Gasteiger partial charge in [-0.15, -0.1) is 12.4 Å². The smallest absolute Gasteiger partial charge is 0.127 e. The first kappa shape index (κ1) is 13.4. The molecule has 0 saturated carbocycles. The van der Waals surface area contributed by atoms with Gasteiger partial charge < -0.3 is 5.32 Å². The molecule has 2 rings (SSSR count). The molecule has 0 aliphatic carbocycles. The number of nitrogens with one attached hydrogen (secondary N) is 1. The Morgan fingerprint density at radius 2 is 2.00 bits per heavy atom. The van der Waals surface area contributed by atoms with Gasteiger partial charge in [0, 0.05) is 38.3 Å². The predicted molar refractivity (Wildman–Crippen MR) is 66.5 cm³/mol. The topological polar surface area (TPSA) is 15.3 Å². The van der Waals surface area contributed by atoms with Crippen LogP contribution in [0.5, 0.6) is 0 Å². The number of nitrogens with zero attached hydrogens (tertiary/aromatic N) is 1.